The number of nitrogens with zero attached hydrogens (tertiary/aromatic N) is 3. The average Bonchev–Trinajstić information content (AvgIpc) is 3.13. The van der Waals surface area contributed by atoms with Gasteiger partial charge in [0.15, 0.2) is 5.82 Å². The predicted octanol–water partition coefficient (Wildman–Crippen LogP) is 1.58. The normalized spacial score (nSPS) is 15.5. The number of ether oxygens (including phenoxy) is 2. The molecule has 9 nitrogen and oxygen atoms in total. The number of aryl methyl sites for hydroxylation is 2. The maximum Gasteiger partial charge on any atom is 0.252 e. The van der Waals surface area contributed by atoms with Gasteiger partial charge in [-0.2, -0.15) is 10.1 Å². The third kappa shape index (κ3) is 4.50. The number of carbonyl (C=O) groups is 2. The summed E-state index contributed by atoms with van der Waals surface area (Å²) < 4.78 is 11.7. The van der Waals surface area contributed by atoms with Crippen molar-refractivity contribution in [1.29, 1.82) is 0 Å². The van der Waals surface area contributed by atoms with Gasteiger partial charge in [-0.15, -0.1) is 0 Å². The Kier molecular flexibility index (Phi) is 5.82. The molecule has 0 spiro atoms. The minimum absolute atomic E-state index is 0.0283. The number of hydrogen-bond donors (Lipinski definition) is 2. The van der Waals surface area contributed by atoms with Crippen molar-refractivity contribution in [2.24, 2.45) is 0 Å². The van der Waals surface area contributed by atoms with Gasteiger partial charge in [0.1, 0.15) is 12.6 Å². The standard InChI is InChI=1S/C18H23N5O4/c1-11-4-5-13(12(2)8-11)19-16(24)9-14-17(25)21-18-20-15(22-23(14)18)10-27-7-6-26-3/h4-5,8,14H,6-7,9-10H2,1-3H3,(H,19,24)(H,20,21,22,25)/t14-/m0/s1. The molecule has 0 saturated carbocycles. The summed E-state index contributed by atoms with van der Waals surface area (Å²) in [6.07, 6.45) is -0.0283. The van der Waals surface area contributed by atoms with Gasteiger partial charge in [-0.3, -0.25) is 14.9 Å². The minimum Gasteiger partial charge on any atom is -0.382 e. The number of hydrogen-bond acceptors (Lipinski definition) is 6. The van der Waals surface area contributed by atoms with Crippen molar-refractivity contribution in [3.8, 4) is 0 Å². The topological polar surface area (TPSA) is 107 Å². The van der Waals surface area contributed by atoms with E-state index < -0.39 is 6.04 Å². The quantitative estimate of drug-likeness (QED) is 0.680. The molecule has 2 amide bonds. The van der Waals surface area contributed by atoms with Crippen LogP contribution in [0.5, 0.6) is 0 Å². The first kappa shape index (κ1) is 19.0. The Hall–Kier alpha value is -2.78. The lowest BCUT2D eigenvalue weighted by molar-refractivity contribution is -0.123. The van der Waals surface area contributed by atoms with Crippen LogP contribution in [0.25, 0.3) is 0 Å². The smallest absolute Gasteiger partial charge is 0.252 e. The summed E-state index contributed by atoms with van der Waals surface area (Å²) >= 11 is 0. The van der Waals surface area contributed by atoms with Crippen molar-refractivity contribution in [2.45, 2.75) is 32.9 Å². The number of benzene rings is 1. The number of amides is 2. The van der Waals surface area contributed by atoms with Crippen LogP contribution < -0.4 is 10.6 Å². The van der Waals surface area contributed by atoms with E-state index in [0.717, 1.165) is 16.8 Å². The molecule has 0 bridgehead atoms. The molecule has 0 fully saturated rings. The molecule has 2 heterocycles. The van der Waals surface area contributed by atoms with Gasteiger partial charge >= 0.3 is 0 Å². The van der Waals surface area contributed by atoms with Crippen LogP contribution in [-0.4, -0.2) is 46.9 Å². The maximum atomic E-state index is 12.4. The first-order valence-corrected chi connectivity index (χ1v) is 8.68. The van der Waals surface area contributed by atoms with Crippen molar-refractivity contribution in [2.75, 3.05) is 31.0 Å². The second-order valence-corrected chi connectivity index (χ2v) is 6.42. The summed E-state index contributed by atoms with van der Waals surface area (Å²) in [5.74, 6) is 0.214. The van der Waals surface area contributed by atoms with Gasteiger partial charge in [-0.25, -0.2) is 4.68 Å². The van der Waals surface area contributed by atoms with E-state index in [1.54, 1.807) is 7.11 Å². The molecule has 1 aromatic heterocycles. The fourth-order valence-electron chi connectivity index (χ4n) is 2.85. The summed E-state index contributed by atoms with van der Waals surface area (Å²) in [6.45, 7) is 5.03. The zero-order chi connectivity index (χ0) is 19.4. The van der Waals surface area contributed by atoms with Crippen LogP contribution in [0.3, 0.4) is 0 Å². The maximum absolute atomic E-state index is 12.4. The predicted molar refractivity (Wildman–Crippen MR) is 98.4 cm³/mol. The summed E-state index contributed by atoms with van der Waals surface area (Å²) in [4.78, 5) is 28.8. The van der Waals surface area contributed by atoms with E-state index >= 15 is 0 Å². The third-order valence-electron chi connectivity index (χ3n) is 4.21. The van der Waals surface area contributed by atoms with Crippen LogP contribution in [0.15, 0.2) is 18.2 Å². The molecule has 1 aromatic carbocycles. The zero-order valence-corrected chi connectivity index (χ0v) is 15.6. The first-order valence-electron chi connectivity index (χ1n) is 8.68. The van der Waals surface area contributed by atoms with Gasteiger partial charge in [0.2, 0.25) is 11.9 Å². The molecule has 3 rings (SSSR count). The van der Waals surface area contributed by atoms with Gasteiger partial charge < -0.3 is 14.8 Å². The Morgan fingerprint density at radius 2 is 2.15 bits per heavy atom. The van der Waals surface area contributed by atoms with Crippen LogP contribution in [0, 0.1) is 13.8 Å². The summed E-state index contributed by atoms with van der Waals surface area (Å²) in [7, 11) is 1.59. The molecule has 27 heavy (non-hydrogen) atoms. The van der Waals surface area contributed by atoms with Crippen molar-refractivity contribution < 1.29 is 19.1 Å². The van der Waals surface area contributed by atoms with Gasteiger partial charge in [0.25, 0.3) is 5.91 Å². The molecule has 0 radical (unpaired) electrons. The van der Waals surface area contributed by atoms with Crippen molar-refractivity contribution in [1.82, 2.24) is 14.8 Å². The van der Waals surface area contributed by atoms with Crippen LogP contribution >= 0.6 is 0 Å². The minimum atomic E-state index is -0.731. The van der Waals surface area contributed by atoms with E-state index in [1.807, 2.05) is 32.0 Å². The lowest BCUT2D eigenvalue weighted by atomic mass is 10.1. The molecule has 0 aliphatic carbocycles. The SMILES string of the molecule is COCCOCc1nc2n(n1)[C@@H](CC(=O)Nc1ccc(C)cc1C)C(=O)N2. The monoisotopic (exact) mass is 373 g/mol. The highest BCUT2D eigenvalue weighted by molar-refractivity contribution is 6.01. The van der Waals surface area contributed by atoms with Crippen molar-refractivity contribution >= 4 is 23.5 Å². The van der Waals surface area contributed by atoms with Crippen molar-refractivity contribution in [3.05, 3.63) is 35.2 Å². The second kappa shape index (κ2) is 8.28. The lowest BCUT2D eigenvalue weighted by Crippen LogP contribution is -2.24. The number of anilines is 2. The fourth-order valence-corrected chi connectivity index (χ4v) is 2.85. The van der Waals surface area contributed by atoms with E-state index in [9.17, 15) is 9.59 Å². The molecule has 1 atom stereocenters. The highest BCUT2D eigenvalue weighted by atomic mass is 16.5. The van der Waals surface area contributed by atoms with E-state index in [2.05, 4.69) is 20.7 Å². The van der Waals surface area contributed by atoms with Crippen LogP contribution in [0.1, 0.15) is 29.4 Å². The molecule has 0 unspecified atom stereocenters. The van der Waals surface area contributed by atoms with Crippen LogP contribution in [-0.2, 0) is 25.7 Å². The number of aromatic nitrogens is 3. The Bertz CT molecular complexity index is 848. The summed E-state index contributed by atoms with van der Waals surface area (Å²) in [5, 5.41) is 9.79. The fraction of sp³-hybridized carbons (Fsp3) is 0.444. The Balaban J connectivity index is 1.63. The molecular formula is C18H23N5O4. The Morgan fingerprint density at radius 1 is 1.33 bits per heavy atom. The Morgan fingerprint density at radius 3 is 2.89 bits per heavy atom. The van der Waals surface area contributed by atoms with E-state index in [4.69, 9.17) is 9.47 Å². The zero-order valence-electron chi connectivity index (χ0n) is 15.6. The third-order valence-corrected chi connectivity index (χ3v) is 4.21. The van der Waals surface area contributed by atoms with Gasteiger partial charge in [0.05, 0.1) is 19.6 Å². The molecule has 1 aliphatic heterocycles. The van der Waals surface area contributed by atoms with Crippen molar-refractivity contribution in [3.63, 3.8) is 0 Å². The van der Waals surface area contributed by atoms with E-state index in [1.165, 1.54) is 4.68 Å². The summed E-state index contributed by atoms with van der Waals surface area (Å²) in [6, 6.07) is 5.04. The number of fused-ring (bicyclic) bond motifs is 1. The second-order valence-electron chi connectivity index (χ2n) is 6.42. The Labute approximate surface area is 157 Å². The summed E-state index contributed by atoms with van der Waals surface area (Å²) in [5.41, 5.74) is 2.82. The number of carbonyl (C=O) groups excluding carboxylic acids is 2. The molecule has 2 N–H and O–H groups in total. The number of methoxy groups -OCH3 is 1. The van der Waals surface area contributed by atoms with E-state index in [0.29, 0.717) is 25.0 Å². The molecule has 0 saturated heterocycles. The van der Waals surface area contributed by atoms with E-state index in [-0.39, 0.29) is 24.8 Å². The molecule has 2 aromatic rings. The van der Waals surface area contributed by atoms with Gasteiger partial charge in [0, 0.05) is 12.8 Å². The highest BCUT2D eigenvalue weighted by Gasteiger charge is 2.35. The molecular weight excluding hydrogens is 350 g/mol. The molecule has 144 valence electrons. The average molecular weight is 373 g/mol. The first-order chi connectivity index (χ1) is 13.0. The largest absolute Gasteiger partial charge is 0.382 e. The van der Waals surface area contributed by atoms with Gasteiger partial charge in [-0.05, 0) is 25.5 Å². The number of rotatable bonds is 8. The van der Waals surface area contributed by atoms with Crippen LogP contribution in [0.4, 0.5) is 11.6 Å². The highest BCUT2D eigenvalue weighted by Crippen LogP contribution is 2.26. The van der Waals surface area contributed by atoms with Crippen LogP contribution in [0.2, 0.25) is 0 Å². The van der Waals surface area contributed by atoms with Gasteiger partial charge in [-0.1, -0.05) is 17.7 Å². The lowest BCUT2D eigenvalue weighted by Gasteiger charge is -2.12. The molecule has 1 aliphatic rings. The number of nitrogens with one attached hydrogen (secondary N) is 2. The molecule has 9 heteroatoms.